The van der Waals surface area contributed by atoms with Gasteiger partial charge in [-0.25, -0.2) is 0 Å². The minimum absolute atomic E-state index is 0.104. The number of fused-ring (bicyclic) bond motifs is 1. The maximum Gasteiger partial charge on any atom is 0.261 e. The lowest BCUT2D eigenvalue weighted by atomic mass is 9.91. The Hall–Kier alpha value is -2.49. The largest absolute Gasteiger partial charge is 0.491 e. The number of amides is 1. The highest BCUT2D eigenvalue weighted by atomic mass is 16.5. The van der Waals surface area contributed by atoms with E-state index in [-0.39, 0.29) is 11.9 Å². The summed E-state index contributed by atoms with van der Waals surface area (Å²) in [6, 6.07) is 13.9. The van der Waals surface area contributed by atoms with Gasteiger partial charge in [0, 0.05) is 0 Å². The lowest BCUT2D eigenvalue weighted by Crippen LogP contribution is -2.43. The van der Waals surface area contributed by atoms with Crippen LogP contribution in [0.25, 0.3) is 0 Å². The number of hydrogen-bond donors (Lipinski definition) is 1. The van der Waals surface area contributed by atoms with Crippen molar-refractivity contribution >= 4 is 5.91 Å². The highest BCUT2D eigenvalue weighted by Gasteiger charge is 2.20. The van der Waals surface area contributed by atoms with Crippen LogP contribution in [0.1, 0.15) is 43.4 Å². The number of ether oxygens (including phenoxy) is 2. The van der Waals surface area contributed by atoms with Crippen molar-refractivity contribution in [1.29, 1.82) is 0 Å². The number of nitrogens with one attached hydrogen (secondary N) is 1. The van der Waals surface area contributed by atoms with Gasteiger partial charge in [-0.15, -0.1) is 0 Å². The van der Waals surface area contributed by atoms with Crippen LogP contribution in [0.4, 0.5) is 0 Å². The van der Waals surface area contributed by atoms with Gasteiger partial charge in [-0.05, 0) is 75.3 Å². The van der Waals surface area contributed by atoms with Gasteiger partial charge in [0.15, 0.2) is 6.10 Å². The summed E-state index contributed by atoms with van der Waals surface area (Å²) >= 11 is 0. The van der Waals surface area contributed by atoms with Crippen LogP contribution in [0.15, 0.2) is 42.5 Å². The van der Waals surface area contributed by atoms with Gasteiger partial charge in [0.2, 0.25) is 0 Å². The molecule has 0 saturated carbocycles. The summed E-state index contributed by atoms with van der Waals surface area (Å²) in [7, 11) is 0. The number of para-hydroxylation sites is 1. The second-order valence-electron chi connectivity index (χ2n) is 7.35. The van der Waals surface area contributed by atoms with E-state index in [1.54, 1.807) is 6.92 Å². The molecule has 4 heteroatoms. The maximum atomic E-state index is 12.5. The molecule has 0 radical (unpaired) electrons. The van der Waals surface area contributed by atoms with Crippen LogP contribution in [0.3, 0.4) is 0 Å². The fraction of sp³-hybridized carbons (Fsp3) is 0.435. The minimum atomic E-state index is -0.542. The molecular weight excluding hydrogens is 338 g/mol. The van der Waals surface area contributed by atoms with Crippen LogP contribution in [0, 0.1) is 6.92 Å². The molecule has 2 aromatic rings. The van der Waals surface area contributed by atoms with Gasteiger partial charge >= 0.3 is 0 Å². The molecule has 1 aliphatic carbocycles. The molecule has 0 heterocycles. The fourth-order valence-corrected chi connectivity index (χ4v) is 3.44. The fourth-order valence-electron chi connectivity index (χ4n) is 3.44. The first-order valence-corrected chi connectivity index (χ1v) is 9.81. The molecule has 1 N–H and O–H groups in total. The van der Waals surface area contributed by atoms with Crippen molar-refractivity contribution in [2.45, 2.75) is 58.6 Å². The Bertz CT molecular complexity index is 787. The quantitative estimate of drug-likeness (QED) is 0.797. The summed E-state index contributed by atoms with van der Waals surface area (Å²) in [5, 5.41) is 2.98. The zero-order valence-electron chi connectivity index (χ0n) is 16.5. The summed E-state index contributed by atoms with van der Waals surface area (Å²) in [6.07, 6.45) is 3.99. The first kappa shape index (κ1) is 19.3. The summed E-state index contributed by atoms with van der Waals surface area (Å²) in [5.41, 5.74) is 3.70. The van der Waals surface area contributed by atoms with Crippen molar-refractivity contribution in [2.24, 2.45) is 0 Å². The summed E-state index contributed by atoms with van der Waals surface area (Å²) < 4.78 is 11.8. The molecule has 0 saturated heterocycles. The van der Waals surface area contributed by atoms with E-state index in [1.807, 2.05) is 50.2 Å². The van der Waals surface area contributed by atoms with Crippen LogP contribution in [0.5, 0.6) is 11.5 Å². The molecule has 2 atom stereocenters. The van der Waals surface area contributed by atoms with Gasteiger partial charge in [0.05, 0.1) is 6.04 Å². The van der Waals surface area contributed by atoms with Crippen molar-refractivity contribution in [3.63, 3.8) is 0 Å². The van der Waals surface area contributed by atoms with E-state index in [2.05, 4.69) is 11.4 Å². The Morgan fingerprint density at radius 2 is 1.78 bits per heavy atom. The van der Waals surface area contributed by atoms with E-state index in [4.69, 9.17) is 9.47 Å². The molecule has 27 heavy (non-hydrogen) atoms. The molecule has 144 valence electrons. The van der Waals surface area contributed by atoms with Gasteiger partial charge < -0.3 is 14.8 Å². The molecule has 1 amide bonds. The summed E-state index contributed by atoms with van der Waals surface area (Å²) in [5.74, 6) is 1.57. The maximum absolute atomic E-state index is 12.5. The molecular formula is C23H29NO3. The van der Waals surface area contributed by atoms with Gasteiger partial charge in [0.1, 0.15) is 18.1 Å². The lowest BCUT2D eigenvalue weighted by Gasteiger charge is -2.23. The van der Waals surface area contributed by atoms with E-state index >= 15 is 0 Å². The van der Waals surface area contributed by atoms with E-state index < -0.39 is 6.10 Å². The zero-order valence-corrected chi connectivity index (χ0v) is 16.5. The summed E-state index contributed by atoms with van der Waals surface area (Å²) in [4.78, 5) is 12.5. The van der Waals surface area contributed by atoms with E-state index in [0.717, 1.165) is 29.9 Å². The highest BCUT2D eigenvalue weighted by Crippen LogP contribution is 2.30. The molecule has 0 spiro atoms. The third-order valence-electron chi connectivity index (χ3n) is 5.00. The van der Waals surface area contributed by atoms with E-state index in [0.29, 0.717) is 6.61 Å². The topological polar surface area (TPSA) is 47.6 Å². The smallest absolute Gasteiger partial charge is 0.261 e. The normalized spacial score (nSPS) is 15.4. The number of hydrogen-bond acceptors (Lipinski definition) is 3. The second-order valence-corrected chi connectivity index (χ2v) is 7.35. The second kappa shape index (κ2) is 8.94. The highest BCUT2D eigenvalue weighted by molar-refractivity contribution is 5.81. The standard InChI is InChI=1S/C23H29NO3/c1-16-9-4-7-13-21(16)26-15-17(2)24-23(25)18(3)27-22-14-8-11-19-10-5-6-12-20(19)22/h4,7-9,11,13-14,17-18H,5-6,10,12,15H2,1-3H3,(H,24,25). The van der Waals surface area contributed by atoms with E-state index in [9.17, 15) is 4.79 Å². The number of carbonyl (C=O) groups is 1. The third-order valence-corrected chi connectivity index (χ3v) is 5.00. The van der Waals surface area contributed by atoms with Crippen molar-refractivity contribution in [3.05, 3.63) is 59.2 Å². The average molecular weight is 367 g/mol. The number of carbonyl (C=O) groups excluding carboxylic acids is 1. The Morgan fingerprint density at radius 1 is 1.04 bits per heavy atom. The van der Waals surface area contributed by atoms with E-state index in [1.165, 1.54) is 24.0 Å². The summed E-state index contributed by atoms with van der Waals surface area (Å²) in [6.45, 7) is 6.17. The Morgan fingerprint density at radius 3 is 2.59 bits per heavy atom. The first-order valence-electron chi connectivity index (χ1n) is 9.81. The first-order chi connectivity index (χ1) is 13.0. The van der Waals surface area contributed by atoms with Gasteiger partial charge in [-0.2, -0.15) is 0 Å². The molecule has 0 aromatic heterocycles. The van der Waals surface area contributed by atoms with Crippen LogP contribution in [-0.4, -0.2) is 24.7 Å². The SMILES string of the molecule is Cc1ccccc1OCC(C)NC(=O)C(C)Oc1cccc2c1CCCC2. The van der Waals surface area contributed by atoms with Crippen molar-refractivity contribution in [3.8, 4) is 11.5 Å². The van der Waals surface area contributed by atoms with Gasteiger partial charge in [-0.3, -0.25) is 4.79 Å². The molecule has 3 rings (SSSR count). The molecule has 2 aromatic carbocycles. The number of aryl methyl sites for hydroxylation is 2. The zero-order chi connectivity index (χ0) is 19.2. The molecule has 2 unspecified atom stereocenters. The predicted octanol–water partition coefficient (Wildman–Crippen LogP) is 4.22. The third kappa shape index (κ3) is 5.03. The Kier molecular flexibility index (Phi) is 6.38. The van der Waals surface area contributed by atoms with Crippen LogP contribution in [-0.2, 0) is 17.6 Å². The van der Waals surface area contributed by atoms with Crippen molar-refractivity contribution in [1.82, 2.24) is 5.32 Å². The molecule has 0 aliphatic heterocycles. The van der Waals surface area contributed by atoms with Gasteiger partial charge in [-0.1, -0.05) is 30.3 Å². The predicted molar refractivity (Wildman–Crippen MR) is 107 cm³/mol. The van der Waals surface area contributed by atoms with Gasteiger partial charge in [0.25, 0.3) is 5.91 Å². The molecule has 0 bridgehead atoms. The lowest BCUT2D eigenvalue weighted by molar-refractivity contribution is -0.128. The monoisotopic (exact) mass is 367 g/mol. The van der Waals surface area contributed by atoms with Crippen molar-refractivity contribution < 1.29 is 14.3 Å². The van der Waals surface area contributed by atoms with Crippen molar-refractivity contribution in [2.75, 3.05) is 6.61 Å². The Labute approximate surface area is 161 Å². The minimum Gasteiger partial charge on any atom is -0.491 e. The Balaban J connectivity index is 1.52. The number of rotatable bonds is 7. The van der Waals surface area contributed by atoms with Crippen LogP contribution >= 0.6 is 0 Å². The van der Waals surface area contributed by atoms with Crippen LogP contribution < -0.4 is 14.8 Å². The number of benzene rings is 2. The van der Waals surface area contributed by atoms with Crippen LogP contribution in [0.2, 0.25) is 0 Å². The molecule has 4 nitrogen and oxygen atoms in total. The molecule has 1 aliphatic rings. The molecule has 0 fully saturated rings. The average Bonchev–Trinajstić information content (AvgIpc) is 2.67.